The van der Waals surface area contributed by atoms with Crippen LogP contribution in [-0.4, -0.2) is 27.9 Å². The summed E-state index contributed by atoms with van der Waals surface area (Å²) in [6.07, 6.45) is 1.86. The van der Waals surface area contributed by atoms with E-state index < -0.39 is 0 Å². The number of aromatic nitrogens is 2. The van der Waals surface area contributed by atoms with Gasteiger partial charge in [0, 0.05) is 42.6 Å². The van der Waals surface area contributed by atoms with Crippen LogP contribution in [0.3, 0.4) is 0 Å². The smallest absolute Gasteiger partial charge is 0.226 e. The maximum Gasteiger partial charge on any atom is 0.226 e. The topological polar surface area (TPSA) is 58.1 Å². The average Bonchev–Trinajstić information content (AvgIpc) is 3.19. The Bertz CT molecular complexity index is 956. The normalized spacial score (nSPS) is 11.9. The highest BCUT2D eigenvalue weighted by Gasteiger charge is 2.19. The van der Waals surface area contributed by atoms with Crippen LogP contribution in [0, 0.1) is 12.7 Å². The Balaban J connectivity index is 1.62. The second-order valence-corrected chi connectivity index (χ2v) is 8.14. The van der Waals surface area contributed by atoms with Crippen molar-refractivity contribution in [2.24, 2.45) is 0 Å². The van der Waals surface area contributed by atoms with E-state index in [1.54, 1.807) is 12.1 Å². The van der Waals surface area contributed by atoms with E-state index in [4.69, 9.17) is 0 Å². The van der Waals surface area contributed by atoms with Gasteiger partial charge in [0.15, 0.2) is 0 Å². The van der Waals surface area contributed by atoms with E-state index in [0.29, 0.717) is 25.2 Å². The lowest BCUT2D eigenvalue weighted by Crippen LogP contribution is -2.35. The molecule has 1 aromatic heterocycles. The Morgan fingerprint density at radius 3 is 2.53 bits per heavy atom. The maximum atomic E-state index is 13.1. The molecule has 30 heavy (non-hydrogen) atoms. The number of aryl methyl sites for hydroxylation is 1. The predicted molar refractivity (Wildman–Crippen MR) is 121 cm³/mol. The van der Waals surface area contributed by atoms with Crippen LogP contribution < -0.4 is 10.2 Å². The number of rotatable bonds is 9. The molecule has 3 aromatic rings. The van der Waals surface area contributed by atoms with Gasteiger partial charge in [0.2, 0.25) is 11.0 Å². The summed E-state index contributed by atoms with van der Waals surface area (Å²) in [5.41, 5.74) is 2.93. The molecule has 0 aliphatic carbocycles. The minimum atomic E-state index is -0.252. The SMILES string of the molecule is CCC(C)N(CCC(=O)Nc1ccc(C)cc1)c1nc(Cc2ccc(F)cc2)ns1. The van der Waals surface area contributed by atoms with Crippen LogP contribution in [-0.2, 0) is 11.2 Å². The van der Waals surface area contributed by atoms with Crippen molar-refractivity contribution in [1.82, 2.24) is 9.36 Å². The minimum Gasteiger partial charge on any atom is -0.344 e. The maximum absolute atomic E-state index is 13.1. The molecule has 0 fully saturated rings. The molecular weight excluding hydrogens is 399 g/mol. The Morgan fingerprint density at radius 2 is 1.87 bits per heavy atom. The van der Waals surface area contributed by atoms with Gasteiger partial charge in [0.25, 0.3) is 0 Å². The molecule has 0 aliphatic rings. The van der Waals surface area contributed by atoms with Gasteiger partial charge in [-0.05, 0) is 50.1 Å². The summed E-state index contributed by atoms with van der Waals surface area (Å²) in [4.78, 5) is 19.2. The van der Waals surface area contributed by atoms with E-state index in [1.807, 2.05) is 31.2 Å². The van der Waals surface area contributed by atoms with Gasteiger partial charge >= 0.3 is 0 Å². The van der Waals surface area contributed by atoms with Crippen molar-refractivity contribution in [3.05, 3.63) is 71.3 Å². The number of carbonyl (C=O) groups is 1. The van der Waals surface area contributed by atoms with Crippen LogP contribution in [0.25, 0.3) is 0 Å². The number of nitrogens with zero attached hydrogens (tertiary/aromatic N) is 3. The molecule has 1 amide bonds. The van der Waals surface area contributed by atoms with Crippen molar-refractivity contribution in [3.63, 3.8) is 0 Å². The quantitative estimate of drug-likeness (QED) is 0.510. The van der Waals surface area contributed by atoms with Crippen molar-refractivity contribution in [2.45, 2.75) is 46.1 Å². The van der Waals surface area contributed by atoms with Gasteiger partial charge in [-0.1, -0.05) is 36.8 Å². The molecule has 0 spiro atoms. The summed E-state index contributed by atoms with van der Waals surface area (Å²) in [5, 5.41) is 3.76. The molecular formula is C23H27FN4OS. The van der Waals surface area contributed by atoms with Gasteiger partial charge < -0.3 is 10.2 Å². The fraction of sp³-hybridized carbons (Fsp3) is 0.348. The lowest BCUT2D eigenvalue weighted by molar-refractivity contribution is -0.116. The van der Waals surface area contributed by atoms with Crippen molar-refractivity contribution >= 4 is 28.3 Å². The first-order valence-electron chi connectivity index (χ1n) is 10.1. The zero-order chi connectivity index (χ0) is 21.5. The van der Waals surface area contributed by atoms with E-state index in [-0.39, 0.29) is 17.8 Å². The highest BCUT2D eigenvalue weighted by atomic mass is 32.1. The summed E-state index contributed by atoms with van der Waals surface area (Å²) in [6, 6.07) is 14.4. The number of hydrogen-bond donors (Lipinski definition) is 1. The second-order valence-electron chi connectivity index (χ2n) is 7.41. The standard InChI is InChI=1S/C23H27FN4OS/c1-4-17(3)28(14-13-22(29)25-20-11-5-16(2)6-12-20)23-26-21(27-30-23)15-18-7-9-19(24)10-8-18/h5-12,17H,4,13-15H2,1-3H3,(H,25,29). The number of halogens is 1. The van der Waals surface area contributed by atoms with Crippen LogP contribution in [0.1, 0.15) is 43.6 Å². The van der Waals surface area contributed by atoms with Gasteiger partial charge in [-0.3, -0.25) is 4.79 Å². The van der Waals surface area contributed by atoms with E-state index in [1.165, 1.54) is 23.7 Å². The molecule has 0 saturated carbocycles. The van der Waals surface area contributed by atoms with Crippen molar-refractivity contribution < 1.29 is 9.18 Å². The Morgan fingerprint density at radius 1 is 1.17 bits per heavy atom. The van der Waals surface area contributed by atoms with Crippen molar-refractivity contribution in [3.8, 4) is 0 Å². The summed E-state index contributed by atoms with van der Waals surface area (Å²) < 4.78 is 17.6. The molecule has 1 unspecified atom stereocenters. The highest BCUT2D eigenvalue weighted by molar-refractivity contribution is 7.09. The van der Waals surface area contributed by atoms with Gasteiger partial charge in [-0.2, -0.15) is 4.37 Å². The lowest BCUT2D eigenvalue weighted by Gasteiger charge is -2.27. The number of benzene rings is 2. The molecule has 0 saturated heterocycles. The van der Waals surface area contributed by atoms with Crippen LogP contribution >= 0.6 is 11.5 Å². The molecule has 0 bridgehead atoms. The van der Waals surface area contributed by atoms with Gasteiger partial charge in [-0.25, -0.2) is 9.37 Å². The largest absolute Gasteiger partial charge is 0.344 e. The average molecular weight is 427 g/mol. The first-order valence-corrected chi connectivity index (χ1v) is 10.9. The third-order valence-electron chi connectivity index (χ3n) is 5.02. The van der Waals surface area contributed by atoms with E-state index >= 15 is 0 Å². The third-order valence-corrected chi connectivity index (χ3v) is 5.81. The summed E-state index contributed by atoms with van der Waals surface area (Å²) >= 11 is 1.34. The van der Waals surface area contributed by atoms with Crippen molar-refractivity contribution in [2.75, 3.05) is 16.8 Å². The van der Waals surface area contributed by atoms with Crippen LogP contribution in [0.5, 0.6) is 0 Å². The molecule has 5 nitrogen and oxygen atoms in total. The zero-order valence-corrected chi connectivity index (χ0v) is 18.4. The molecule has 1 N–H and O–H groups in total. The predicted octanol–water partition coefficient (Wildman–Crippen LogP) is 5.21. The molecule has 1 atom stereocenters. The number of nitrogens with one attached hydrogen (secondary N) is 1. The highest BCUT2D eigenvalue weighted by Crippen LogP contribution is 2.23. The second kappa shape index (κ2) is 10.3. The summed E-state index contributed by atoms with van der Waals surface area (Å²) in [7, 11) is 0. The summed E-state index contributed by atoms with van der Waals surface area (Å²) in [5.74, 6) is 0.430. The number of amides is 1. The Labute approximate surface area is 181 Å². The third kappa shape index (κ3) is 6.10. The Hall–Kier alpha value is -2.80. The molecule has 0 aliphatic heterocycles. The van der Waals surface area contributed by atoms with Crippen LogP contribution in [0.4, 0.5) is 15.2 Å². The van der Waals surface area contributed by atoms with Crippen molar-refractivity contribution in [1.29, 1.82) is 0 Å². The first kappa shape index (κ1) is 21.9. The first-order chi connectivity index (χ1) is 14.4. The van der Waals surface area contributed by atoms with E-state index in [2.05, 4.69) is 33.4 Å². The number of carbonyl (C=O) groups excluding carboxylic acids is 1. The number of hydrogen-bond acceptors (Lipinski definition) is 5. The molecule has 158 valence electrons. The van der Waals surface area contributed by atoms with E-state index in [9.17, 15) is 9.18 Å². The van der Waals surface area contributed by atoms with Crippen LogP contribution in [0.15, 0.2) is 48.5 Å². The van der Waals surface area contributed by atoms with Gasteiger partial charge in [0.05, 0.1) is 0 Å². The zero-order valence-electron chi connectivity index (χ0n) is 17.6. The fourth-order valence-corrected chi connectivity index (χ4v) is 3.84. The van der Waals surface area contributed by atoms with Gasteiger partial charge in [-0.15, -0.1) is 0 Å². The molecule has 1 heterocycles. The molecule has 2 aromatic carbocycles. The fourth-order valence-electron chi connectivity index (χ4n) is 3.03. The number of anilines is 2. The summed E-state index contributed by atoms with van der Waals surface area (Å²) in [6.45, 7) is 6.82. The molecule has 0 radical (unpaired) electrons. The van der Waals surface area contributed by atoms with Crippen LogP contribution in [0.2, 0.25) is 0 Å². The van der Waals surface area contributed by atoms with E-state index in [0.717, 1.165) is 28.4 Å². The monoisotopic (exact) mass is 426 g/mol. The van der Waals surface area contributed by atoms with Gasteiger partial charge in [0.1, 0.15) is 11.6 Å². The Kier molecular flexibility index (Phi) is 7.52. The lowest BCUT2D eigenvalue weighted by atomic mass is 10.1. The molecule has 7 heteroatoms. The minimum absolute atomic E-state index is 0.0248. The molecule has 3 rings (SSSR count).